The second-order valence-corrected chi connectivity index (χ2v) is 8.20. The summed E-state index contributed by atoms with van der Waals surface area (Å²) >= 11 is 0. The first-order chi connectivity index (χ1) is 15.1. The lowest BCUT2D eigenvalue weighted by atomic mass is 10.0. The number of carbonyl (C=O) groups is 1. The summed E-state index contributed by atoms with van der Waals surface area (Å²) in [6.45, 7) is 5.89. The second-order valence-electron chi connectivity index (χ2n) is 8.20. The number of benzene rings is 1. The van der Waals surface area contributed by atoms with Gasteiger partial charge >= 0.3 is 0 Å². The van der Waals surface area contributed by atoms with E-state index in [1.807, 2.05) is 42.2 Å². The van der Waals surface area contributed by atoms with Gasteiger partial charge in [-0.1, -0.05) is 0 Å². The van der Waals surface area contributed by atoms with E-state index in [9.17, 15) is 4.79 Å². The smallest absolute Gasteiger partial charge is 0.257 e. The standard InChI is InChI=1S/C24H26N4O3/c1-15-6-8-18-22(27-17-7-9-20-21(13-17)31-12-11-30-20)19(14-25-23(18)26-15)24(29)28-10-4-3-5-16(28)2/h6-9,13-14,16H,3-5,10-12H2,1-2H3,(H,25,26,27)/t16-/m0/s1. The lowest BCUT2D eigenvalue weighted by Crippen LogP contribution is -2.42. The fourth-order valence-corrected chi connectivity index (χ4v) is 4.29. The highest BCUT2D eigenvalue weighted by Crippen LogP contribution is 2.36. The predicted molar refractivity (Wildman–Crippen MR) is 119 cm³/mol. The molecule has 0 saturated carbocycles. The Hall–Kier alpha value is -3.35. The number of hydrogen-bond acceptors (Lipinski definition) is 6. The number of piperidine rings is 1. The highest BCUT2D eigenvalue weighted by molar-refractivity contribution is 6.07. The zero-order valence-electron chi connectivity index (χ0n) is 17.9. The van der Waals surface area contributed by atoms with Gasteiger partial charge in [-0.15, -0.1) is 0 Å². The molecule has 1 saturated heterocycles. The summed E-state index contributed by atoms with van der Waals surface area (Å²) in [7, 11) is 0. The van der Waals surface area contributed by atoms with Crippen LogP contribution in [0.15, 0.2) is 36.5 Å². The monoisotopic (exact) mass is 418 g/mol. The van der Waals surface area contributed by atoms with E-state index in [-0.39, 0.29) is 11.9 Å². The van der Waals surface area contributed by atoms with Gasteiger partial charge in [-0.3, -0.25) is 4.79 Å². The Labute approximate surface area is 181 Å². The van der Waals surface area contributed by atoms with E-state index in [1.54, 1.807) is 6.20 Å². The molecule has 0 radical (unpaired) electrons. The van der Waals surface area contributed by atoms with E-state index in [0.29, 0.717) is 30.2 Å². The van der Waals surface area contributed by atoms with Crippen LogP contribution in [0, 0.1) is 6.92 Å². The van der Waals surface area contributed by atoms with Gasteiger partial charge in [0.05, 0.1) is 11.3 Å². The molecular formula is C24H26N4O3. The summed E-state index contributed by atoms with van der Waals surface area (Å²) in [6.07, 6.45) is 4.87. The molecule has 2 aliphatic rings. The van der Waals surface area contributed by atoms with Crippen LogP contribution in [-0.2, 0) is 0 Å². The first-order valence-corrected chi connectivity index (χ1v) is 10.8. The Balaban J connectivity index is 1.59. The fourth-order valence-electron chi connectivity index (χ4n) is 4.29. The number of anilines is 2. The number of nitrogens with one attached hydrogen (secondary N) is 1. The normalized spacial score (nSPS) is 18.1. The molecule has 1 N–H and O–H groups in total. The lowest BCUT2D eigenvalue weighted by molar-refractivity contribution is 0.0636. The van der Waals surface area contributed by atoms with E-state index in [1.165, 1.54) is 0 Å². The van der Waals surface area contributed by atoms with Gasteiger partial charge in [-0.2, -0.15) is 0 Å². The third-order valence-electron chi connectivity index (χ3n) is 5.97. The largest absolute Gasteiger partial charge is 0.486 e. The molecule has 31 heavy (non-hydrogen) atoms. The third kappa shape index (κ3) is 3.76. The molecule has 7 heteroatoms. The van der Waals surface area contributed by atoms with Gasteiger partial charge in [-0.25, -0.2) is 9.97 Å². The molecule has 0 aliphatic carbocycles. The Morgan fingerprint density at radius 1 is 1.13 bits per heavy atom. The topological polar surface area (TPSA) is 76.6 Å². The number of rotatable bonds is 3. The Kier molecular flexibility index (Phi) is 5.10. The summed E-state index contributed by atoms with van der Waals surface area (Å²) < 4.78 is 11.4. The van der Waals surface area contributed by atoms with Crippen LogP contribution in [0.2, 0.25) is 0 Å². The number of fused-ring (bicyclic) bond motifs is 2. The molecule has 2 aromatic heterocycles. The molecule has 3 aromatic rings. The second kappa shape index (κ2) is 8.06. The highest BCUT2D eigenvalue weighted by atomic mass is 16.6. The molecule has 5 rings (SSSR count). The van der Waals surface area contributed by atoms with E-state index in [2.05, 4.69) is 22.2 Å². The summed E-state index contributed by atoms with van der Waals surface area (Å²) in [5.74, 6) is 1.43. The maximum absolute atomic E-state index is 13.5. The molecule has 1 aromatic carbocycles. The van der Waals surface area contributed by atoms with Crippen molar-refractivity contribution < 1.29 is 14.3 Å². The predicted octanol–water partition coefficient (Wildman–Crippen LogP) is 4.47. The van der Waals surface area contributed by atoms with Gasteiger partial charge < -0.3 is 19.7 Å². The summed E-state index contributed by atoms with van der Waals surface area (Å²) in [5, 5.41) is 4.27. The summed E-state index contributed by atoms with van der Waals surface area (Å²) in [5.41, 5.74) is 3.59. The minimum atomic E-state index is 0.00205. The van der Waals surface area contributed by atoms with Crippen LogP contribution in [0.1, 0.15) is 42.2 Å². The average Bonchev–Trinajstić information content (AvgIpc) is 2.79. The number of pyridine rings is 2. The van der Waals surface area contributed by atoms with Crippen LogP contribution < -0.4 is 14.8 Å². The Morgan fingerprint density at radius 2 is 1.97 bits per heavy atom. The molecule has 1 atom stereocenters. The number of nitrogens with zero attached hydrogens (tertiary/aromatic N) is 3. The first kappa shape index (κ1) is 19.6. The van der Waals surface area contributed by atoms with E-state index in [0.717, 1.165) is 54.0 Å². The van der Waals surface area contributed by atoms with E-state index in [4.69, 9.17) is 9.47 Å². The van der Waals surface area contributed by atoms with Crippen molar-refractivity contribution in [3.63, 3.8) is 0 Å². The number of ether oxygens (including phenoxy) is 2. The van der Waals surface area contributed by atoms with E-state index >= 15 is 0 Å². The SMILES string of the molecule is Cc1ccc2c(Nc3ccc4c(c3)OCCO4)c(C(=O)N3CCCC[C@@H]3C)cnc2n1. The zero-order chi connectivity index (χ0) is 21.4. The molecule has 7 nitrogen and oxygen atoms in total. The van der Waals surface area contributed by atoms with Crippen molar-refractivity contribution in [2.24, 2.45) is 0 Å². The number of aryl methyl sites for hydroxylation is 1. The zero-order valence-corrected chi connectivity index (χ0v) is 17.9. The lowest BCUT2D eigenvalue weighted by Gasteiger charge is -2.34. The molecule has 0 spiro atoms. The summed E-state index contributed by atoms with van der Waals surface area (Å²) in [4.78, 5) is 24.6. The third-order valence-corrected chi connectivity index (χ3v) is 5.97. The quantitative estimate of drug-likeness (QED) is 0.676. The molecule has 0 bridgehead atoms. The van der Waals surface area contributed by atoms with Crippen LogP contribution in [0.5, 0.6) is 11.5 Å². The number of hydrogen-bond donors (Lipinski definition) is 1. The maximum atomic E-state index is 13.5. The number of amides is 1. The molecule has 4 heterocycles. The van der Waals surface area contributed by atoms with Crippen LogP contribution in [0.25, 0.3) is 11.0 Å². The van der Waals surface area contributed by atoms with Gasteiger partial charge in [0, 0.05) is 41.6 Å². The molecule has 1 amide bonds. The van der Waals surface area contributed by atoms with Crippen molar-refractivity contribution in [3.8, 4) is 11.5 Å². The number of carbonyl (C=O) groups excluding carboxylic acids is 1. The highest BCUT2D eigenvalue weighted by Gasteiger charge is 2.27. The van der Waals surface area contributed by atoms with Crippen LogP contribution >= 0.6 is 0 Å². The number of aromatic nitrogens is 2. The minimum Gasteiger partial charge on any atom is -0.486 e. The van der Waals surface area contributed by atoms with Gasteiger partial charge in [0.25, 0.3) is 5.91 Å². The van der Waals surface area contributed by atoms with Crippen molar-refractivity contribution in [1.29, 1.82) is 0 Å². The van der Waals surface area contributed by atoms with Crippen molar-refractivity contribution in [2.45, 2.75) is 39.2 Å². The first-order valence-electron chi connectivity index (χ1n) is 10.8. The van der Waals surface area contributed by atoms with Crippen molar-refractivity contribution in [3.05, 3.63) is 47.8 Å². The molecular weight excluding hydrogens is 392 g/mol. The van der Waals surface area contributed by atoms with E-state index < -0.39 is 0 Å². The summed E-state index contributed by atoms with van der Waals surface area (Å²) in [6, 6.07) is 9.85. The van der Waals surface area contributed by atoms with Gasteiger partial charge in [0.2, 0.25) is 0 Å². The van der Waals surface area contributed by atoms with Crippen LogP contribution in [-0.4, -0.2) is 46.6 Å². The molecule has 1 fully saturated rings. The average molecular weight is 418 g/mol. The van der Waals surface area contributed by atoms with Crippen molar-refractivity contribution in [1.82, 2.24) is 14.9 Å². The number of likely N-dealkylation sites (tertiary alicyclic amines) is 1. The van der Waals surface area contributed by atoms with Crippen LogP contribution in [0.3, 0.4) is 0 Å². The molecule has 160 valence electrons. The van der Waals surface area contributed by atoms with Gasteiger partial charge in [0.1, 0.15) is 13.2 Å². The fraction of sp³-hybridized carbons (Fsp3) is 0.375. The Bertz CT molecular complexity index is 1150. The Morgan fingerprint density at radius 3 is 2.81 bits per heavy atom. The minimum absolute atomic E-state index is 0.00205. The van der Waals surface area contributed by atoms with Crippen molar-refractivity contribution in [2.75, 3.05) is 25.1 Å². The maximum Gasteiger partial charge on any atom is 0.257 e. The van der Waals surface area contributed by atoms with Gasteiger partial charge in [0.15, 0.2) is 17.1 Å². The molecule has 2 aliphatic heterocycles. The van der Waals surface area contributed by atoms with Gasteiger partial charge in [-0.05, 0) is 57.4 Å². The molecule has 0 unspecified atom stereocenters. The van der Waals surface area contributed by atoms with Crippen molar-refractivity contribution >= 4 is 28.3 Å². The van der Waals surface area contributed by atoms with Crippen LogP contribution in [0.4, 0.5) is 11.4 Å².